The van der Waals surface area contributed by atoms with Crippen molar-refractivity contribution in [3.8, 4) is 5.75 Å². The summed E-state index contributed by atoms with van der Waals surface area (Å²) < 4.78 is 124. The molecule has 0 amide bonds. The normalized spacial score (nSPS) is 28.0. The first-order valence-corrected chi connectivity index (χ1v) is 17.6. The fourth-order valence-corrected chi connectivity index (χ4v) is 9.14. The van der Waals surface area contributed by atoms with E-state index < -0.39 is 48.7 Å². The first kappa shape index (κ1) is 39.6. The number of fused-ring (bicyclic) bond motifs is 5. The number of halogens is 9. The highest BCUT2D eigenvalue weighted by molar-refractivity contribution is 5.69. The molecule has 4 rings (SSSR count). The molecule has 0 bridgehead atoms. The van der Waals surface area contributed by atoms with E-state index in [0.29, 0.717) is 30.1 Å². The van der Waals surface area contributed by atoms with Crippen molar-refractivity contribution in [1.82, 2.24) is 0 Å². The van der Waals surface area contributed by atoms with Crippen molar-refractivity contribution in [2.24, 2.45) is 29.1 Å². The van der Waals surface area contributed by atoms with Gasteiger partial charge in [0.1, 0.15) is 5.75 Å². The van der Waals surface area contributed by atoms with Gasteiger partial charge < -0.3 is 14.9 Å². The summed E-state index contributed by atoms with van der Waals surface area (Å²) in [5.74, 6) is -19.8. The molecule has 13 heteroatoms. The Balaban J connectivity index is 1.21. The lowest BCUT2D eigenvalue weighted by molar-refractivity contribution is -0.396. The highest BCUT2D eigenvalue weighted by Gasteiger charge is 2.81. The summed E-state index contributed by atoms with van der Waals surface area (Å²) >= 11 is 0. The molecule has 2 saturated carbocycles. The number of aliphatic hydroxyl groups excluding tert-OH is 1. The van der Waals surface area contributed by atoms with Gasteiger partial charge in [0.05, 0.1) is 19.1 Å². The molecule has 4 nitrogen and oxygen atoms in total. The number of hydrogen-bond donors (Lipinski definition) is 2. The number of ether oxygens (including phenoxy) is 1. The lowest BCUT2D eigenvalue weighted by Crippen LogP contribution is -2.60. The second-order valence-corrected chi connectivity index (χ2v) is 14.9. The molecule has 3 unspecified atom stereocenters. The van der Waals surface area contributed by atoms with E-state index in [2.05, 4.69) is 19.1 Å². The quantitative estimate of drug-likeness (QED) is 0.124. The van der Waals surface area contributed by atoms with Crippen LogP contribution < -0.4 is 4.74 Å². The number of rotatable bonds is 17. The number of carbonyl (C=O) groups is 1. The lowest BCUT2D eigenvalue weighted by atomic mass is 9.52. The SMILES string of the molecule is COc1ccc2c(c1)C[C@@H](CCCCCCCCC[C@H](CCC(F)(F)C(F)(F)C(F)(F)C(F)(F)F)C(=O)O)C1C2CC[C@@]2(C)C1CC[C@@H]2O. The van der Waals surface area contributed by atoms with Gasteiger partial charge in [-0.1, -0.05) is 57.9 Å². The molecule has 3 aliphatic rings. The average molecular weight is 717 g/mol. The van der Waals surface area contributed by atoms with Crippen molar-refractivity contribution in [2.75, 3.05) is 7.11 Å². The van der Waals surface area contributed by atoms with Gasteiger partial charge in [0.2, 0.25) is 0 Å². The zero-order valence-corrected chi connectivity index (χ0v) is 28.1. The fourth-order valence-electron chi connectivity index (χ4n) is 9.14. The van der Waals surface area contributed by atoms with Crippen LogP contribution in [0.1, 0.15) is 120 Å². The third-order valence-electron chi connectivity index (χ3n) is 12.1. The predicted molar refractivity (Wildman–Crippen MR) is 165 cm³/mol. The van der Waals surface area contributed by atoms with Gasteiger partial charge in [-0.3, -0.25) is 4.79 Å². The molecule has 0 aromatic heterocycles. The van der Waals surface area contributed by atoms with Crippen LogP contribution in [0.2, 0.25) is 0 Å². The lowest BCUT2D eigenvalue weighted by Gasteiger charge is -2.53. The summed E-state index contributed by atoms with van der Waals surface area (Å²) in [5, 5.41) is 20.2. The number of aliphatic hydroxyl groups is 1. The minimum Gasteiger partial charge on any atom is -0.497 e. The Labute approximate surface area is 282 Å². The van der Waals surface area contributed by atoms with E-state index in [9.17, 15) is 54.5 Å². The molecule has 3 aliphatic carbocycles. The van der Waals surface area contributed by atoms with Crippen LogP contribution in [-0.2, 0) is 11.2 Å². The Morgan fingerprint density at radius 1 is 0.898 bits per heavy atom. The van der Waals surface area contributed by atoms with Crippen molar-refractivity contribution < 1.29 is 59.3 Å². The molecule has 0 heterocycles. The van der Waals surface area contributed by atoms with Gasteiger partial charge in [0, 0.05) is 6.42 Å². The number of methoxy groups -OCH3 is 1. The first-order chi connectivity index (χ1) is 22.8. The summed E-state index contributed by atoms with van der Waals surface area (Å²) in [6, 6.07) is 6.43. The maximum atomic E-state index is 13.9. The molecule has 49 heavy (non-hydrogen) atoms. The van der Waals surface area contributed by atoms with Crippen LogP contribution in [0.4, 0.5) is 39.5 Å². The Hall–Kier alpha value is -2.18. The monoisotopic (exact) mass is 716 g/mol. The fraction of sp³-hybridized carbons (Fsp3) is 0.806. The molecule has 0 saturated heterocycles. The van der Waals surface area contributed by atoms with Crippen molar-refractivity contribution in [2.45, 2.75) is 146 Å². The molecule has 0 spiro atoms. The third kappa shape index (κ3) is 8.01. The second-order valence-electron chi connectivity index (χ2n) is 14.9. The molecule has 1 aromatic rings. The van der Waals surface area contributed by atoms with Crippen molar-refractivity contribution >= 4 is 5.97 Å². The van der Waals surface area contributed by atoms with Crippen LogP contribution >= 0.6 is 0 Å². The van der Waals surface area contributed by atoms with Gasteiger partial charge in [0.25, 0.3) is 0 Å². The average Bonchev–Trinajstić information content (AvgIpc) is 3.33. The number of hydrogen-bond acceptors (Lipinski definition) is 3. The van der Waals surface area contributed by atoms with Crippen LogP contribution in [-0.4, -0.2) is 53.3 Å². The van der Waals surface area contributed by atoms with Gasteiger partial charge in [-0.25, -0.2) is 0 Å². The predicted octanol–water partition coefficient (Wildman–Crippen LogP) is 10.6. The number of unbranched alkanes of at least 4 members (excludes halogenated alkanes) is 6. The second kappa shape index (κ2) is 15.2. The zero-order valence-electron chi connectivity index (χ0n) is 28.1. The number of aliphatic carboxylic acids is 1. The van der Waals surface area contributed by atoms with Crippen LogP contribution in [0.5, 0.6) is 5.75 Å². The summed E-state index contributed by atoms with van der Waals surface area (Å²) in [6.45, 7) is 2.26. The summed E-state index contributed by atoms with van der Waals surface area (Å²) in [6.07, 6.45) is 0.738. The third-order valence-corrected chi connectivity index (χ3v) is 12.1. The minimum atomic E-state index is -6.97. The Bertz CT molecular complexity index is 1270. The van der Waals surface area contributed by atoms with Crippen LogP contribution in [0.15, 0.2) is 18.2 Å². The van der Waals surface area contributed by atoms with E-state index in [1.54, 1.807) is 7.11 Å². The molecule has 0 radical (unpaired) electrons. The van der Waals surface area contributed by atoms with Crippen LogP contribution in [0, 0.1) is 29.1 Å². The molecule has 0 aliphatic heterocycles. The minimum absolute atomic E-state index is 0.0449. The highest BCUT2D eigenvalue weighted by Crippen LogP contribution is 2.63. The van der Waals surface area contributed by atoms with E-state index in [-0.39, 0.29) is 24.4 Å². The maximum absolute atomic E-state index is 13.9. The Morgan fingerprint density at radius 3 is 2.14 bits per heavy atom. The van der Waals surface area contributed by atoms with Crippen molar-refractivity contribution in [3.63, 3.8) is 0 Å². The zero-order chi connectivity index (χ0) is 36.4. The Kier molecular flexibility index (Phi) is 12.3. The van der Waals surface area contributed by atoms with E-state index in [0.717, 1.165) is 76.4 Å². The van der Waals surface area contributed by atoms with Gasteiger partial charge in [-0.05, 0) is 104 Å². The summed E-state index contributed by atoms with van der Waals surface area (Å²) in [5.41, 5.74) is 2.73. The largest absolute Gasteiger partial charge is 0.497 e. The van der Waals surface area contributed by atoms with E-state index in [1.807, 2.05) is 6.07 Å². The number of alkyl halides is 9. The summed E-state index contributed by atoms with van der Waals surface area (Å²) in [7, 11) is 1.67. The highest BCUT2D eigenvalue weighted by atomic mass is 19.4. The number of carboxylic acids is 1. The smallest absolute Gasteiger partial charge is 0.460 e. The van der Waals surface area contributed by atoms with Crippen molar-refractivity contribution in [1.29, 1.82) is 0 Å². The van der Waals surface area contributed by atoms with Crippen LogP contribution in [0.3, 0.4) is 0 Å². The van der Waals surface area contributed by atoms with E-state index in [1.165, 1.54) is 11.1 Å². The molecule has 2 fully saturated rings. The molecule has 280 valence electrons. The van der Waals surface area contributed by atoms with Gasteiger partial charge >= 0.3 is 29.9 Å². The molecular formula is C36H49F9O4. The molecular weight excluding hydrogens is 667 g/mol. The Morgan fingerprint density at radius 2 is 1.53 bits per heavy atom. The van der Waals surface area contributed by atoms with Gasteiger partial charge in [-0.15, -0.1) is 0 Å². The van der Waals surface area contributed by atoms with Crippen molar-refractivity contribution in [3.05, 3.63) is 29.3 Å². The molecule has 1 aromatic carbocycles. The first-order valence-electron chi connectivity index (χ1n) is 17.6. The number of benzene rings is 1. The summed E-state index contributed by atoms with van der Waals surface area (Å²) in [4.78, 5) is 11.5. The molecule has 7 atom stereocenters. The topological polar surface area (TPSA) is 66.8 Å². The maximum Gasteiger partial charge on any atom is 0.460 e. The van der Waals surface area contributed by atoms with Crippen LogP contribution in [0.25, 0.3) is 0 Å². The van der Waals surface area contributed by atoms with Gasteiger partial charge in [0.15, 0.2) is 0 Å². The van der Waals surface area contributed by atoms with Gasteiger partial charge in [-0.2, -0.15) is 39.5 Å². The number of carboxylic acid groups (broad SMARTS) is 1. The van der Waals surface area contributed by atoms with E-state index in [4.69, 9.17) is 4.74 Å². The standard InChI is InChI=1S/C36H49F9O4/c1-32-18-17-27-26-13-12-25(49-2)21-24(26)20-23(30(27)28(32)14-15-29(32)46)11-9-7-5-3-4-6-8-10-22(31(47)48)16-19-33(37,38)34(39,40)35(41,42)36(43,44)45/h12-13,21-23,27-30,46H,3-11,14-20H2,1-2H3,(H,47,48)/t22-,23-,27?,28?,29+,30?,32+/m1/s1. The van der Waals surface area contributed by atoms with E-state index >= 15 is 0 Å². The molecule has 2 N–H and O–H groups in total.